The third-order valence-electron chi connectivity index (χ3n) is 18.4. The van der Waals surface area contributed by atoms with E-state index < -0.39 is 17.7 Å². The molecule has 10 rings (SSSR count). The molecule has 5 aromatic rings. The number of fused-ring (bicyclic) bond motifs is 1. The topological polar surface area (TPSA) is 206 Å². The van der Waals surface area contributed by atoms with Crippen LogP contribution in [0, 0.1) is 11.8 Å². The molecule has 2 atom stereocenters. The standard InChI is InChI=1S/C68H91N11O9/c1-7-49-38-58-59(71-63(49)81)36-48(40-69-58)43-74-28-32-75(33-29-74)55-20-22-57(70-41-55)65(83)76-26-23-47(24-27-76)42-73-30-34-77(35-31-73)66(84)62(50-14-10-9-11-15-50)72-64(82)52-17-12-16-51(37-52)53-18-13-25-78(44-53)61(80)46-79(67(85)88-68(3,4)5)45-54-19-21-56(86-6)39-60(54)87-8-2/h12,16-17,19-22,36-41,47,50,53,62H,7-11,13-15,18,23-35,42-46H2,1-6H3,(H,71,81)(H,72,82)/t53-,62-/m0/s1. The SMILES string of the molecule is CCOc1cc(OC)ccc1CN(CC(=O)N1CCC[C@H](c2cccc(C(=O)N[C@H](C(=O)N3CCN(CC4CCN(C(=O)c5ccc(N6CCN(Cc7cnc8cc(CC)c(=O)[nH]c8c7)CC6)cn5)CC4)CC3)C3CCCCC3)c2)C1)C(=O)OC(C)(C)C. The van der Waals surface area contributed by atoms with Gasteiger partial charge in [0, 0.05) is 126 Å². The van der Waals surface area contributed by atoms with E-state index in [-0.39, 0.29) is 54.1 Å². The summed E-state index contributed by atoms with van der Waals surface area (Å²) >= 11 is 0. The highest BCUT2D eigenvalue weighted by atomic mass is 16.6. The van der Waals surface area contributed by atoms with Crippen LogP contribution in [0.4, 0.5) is 10.5 Å². The van der Waals surface area contributed by atoms with Gasteiger partial charge in [0.15, 0.2) is 0 Å². The van der Waals surface area contributed by atoms with Crippen LogP contribution in [0.15, 0.2) is 83.9 Å². The average Bonchev–Trinajstić information content (AvgIpc) is 3.68. The Balaban J connectivity index is 0.678. The van der Waals surface area contributed by atoms with E-state index in [4.69, 9.17) is 14.2 Å². The third kappa shape index (κ3) is 16.2. The number of carbonyl (C=O) groups is 5. The van der Waals surface area contributed by atoms with Crippen LogP contribution in [0.1, 0.15) is 141 Å². The van der Waals surface area contributed by atoms with Crippen LogP contribution in [-0.4, -0.2) is 191 Å². The molecule has 20 nitrogen and oxygen atoms in total. The van der Waals surface area contributed by atoms with Crippen molar-refractivity contribution < 1.29 is 38.2 Å². The van der Waals surface area contributed by atoms with Crippen LogP contribution in [0.3, 0.4) is 0 Å². The van der Waals surface area contributed by atoms with Crippen molar-refractivity contribution in [2.24, 2.45) is 11.8 Å². The van der Waals surface area contributed by atoms with Crippen molar-refractivity contribution in [2.45, 2.75) is 129 Å². The third-order valence-corrected chi connectivity index (χ3v) is 18.4. The van der Waals surface area contributed by atoms with Gasteiger partial charge < -0.3 is 44.1 Å². The number of H-pyrrole nitrogens is 1. The van der Waals surface area contributed by atoms with Crippen molar-refractivity contribution in [3.05, 3.63) is 123 Å². The number of likely N-dealkylation sites (tertiary alicyclic amines) is 2. The second-order valence-corrected chi connectivity index (χ2v) is 25.7. The fourth-order valence-corrected chi connectivity index (χ4v) is 13.4. The smallest absolute Gasteiger partial charge is 0.411 e. The quantitative estimate of drug-likeness (QED) is 0.0801. The molecule has 4 aliphatic heterocycles. The minimum atomic E-state index is -0.775. The zero-order valence-electron chi connectivity index (χ0n) is 52.6. The van der Waals surface area contributed by atoms with Gasteiger partial charge in [-0.1, -0.05) is 38.3 Å². The lowest BCUT2D eigenvalue weighted by molar-refractivity contribution is -0.137. The Morgan fingerprint density at radius 2 is 1.51 bits per heavy atom. The van der Waals surface area contributed by atoms with E-state index in [1.165, 1.54) is 4.90 Å². The number of piperidine rings is 2. The summed E-state index contributed by atoms with van der Waals surface area (Å²) in [4.78, 5) is 110. The highest BCUT2D eigenvalue weighted by Crippen LogP contribution is 2.32. The molecular weight excluding hydrogens is 1110 g/mol. The Kier molecular flexibility index (Phi) is 21.0. The van der Waals surface area contributed by atoms with Crippen molar-refractivity contribution in [1.82, 2.24) is 49.7 Å². The van der Waals surface area contributed by atoms with Gasteiger partial charge in [-0.05, 0) is 144 Å². The number of methoxy groups -OCH3 is 1. The largest absolute Gasteiger partial charge is 0.497 e. The maximum Gasteiger partial charge on any atom is 0.411 e. The van der Waals surface area contributed by atoms with Gasteiger partial charge in [-0.3, -0.25) is 43.7 Å². The number of rotatable bonds is 19. The van der Waals surface area contributed by atoms with E-state index in [0.29, 0.717) is 81.0 Å². The Bertz CT molecular complexity index is 3280. The summed E-state index contributed by atoms with van der Waals surface area (Å²) in [6, 6.07) is 20.2. The maximum absolute atomic E-state index is 14.6. The van der Waals surface area contributed by atoms with Crippen molar-refractivity contribution in [3.8, 4) is 11.5 Å². The van der Waals surface area contributed by atoms with E-state index in [9.17, 15) is 28.8 Å². The molecule has 1 aliphatic carbocycles. The van der Waals surface area contributed by atoms with Gasteiger partial charge in [0.2, 0.25) is 11.8 Å². The molecule has 0 radical (unpaired) electrons. The molecule has 2 N–H and O–H groups in total. The van der Waals surface area contributed by atoms with Crippen LogP contribution < -0.4 is 25.2 Å². The van der Waals surface area contributed by atoms with E-state index in [1.54, 1.807) is 46.1 Å². The molecule has 4 saturated heterocycles. The molecule has 0 spiro atoms. The fourth-order valence-electron chi connectivity index (χ4n) is 13.4. The van der Waals surface area contributed by atoms with Crippen LogP contribution in [-0.2, 0) is 33.8 Å². The molecule has 5 amide bonds. The van der Waals surface area contributed by atoms with Gasteiger partial charge in [0.25, 0.3) is 17.4 Å². The minimum absolute atomic E-state index is 0.00715. The second kappa shape index (κ2) is 29.2. The number of aromatic nitrogens is 3. The minimum Gasteiger partial charge on any atom is -0.497 e. The van der Waals surface area contributed by atoms with Crippen molar-refractivity contribution >= 4 is 46.4 Å². The van der Waals surface area contributed by atoms with Gasteiger partial charge in [0.1, 0.15) is 35.4 Å². The zero-order valence-corrected chi connectivity index (χ0v) is 52.6. The number of pyridine rings is 3. The number of aryl methyl sites for hydroxylation is 1. The molecule has 1 saturated carbocycles. The van der Waals surface area contributed by atoms with Crippen LogP contribution >= 0.6 is 0 Å². The van der Waals surface area contributed by atoms with E-state index in [1.807, 2.05) is 89.5 Å². The Morgan fingerprint density at radius 3 is 2.22 bits per heavy atom. The summed E-state index contributed by atoms with van der Waals surface area (Å²) in [5.41, 5.74) is 6.19. The summed E-state index contributed by atoms with van der Waals surface area (Å²) in [6.45, 7) is 19.7. The van der Waals surface area contributed by atoms with Crippen molar-refractivity contribution in [3.63, 3.8) is 0 Å². The number of nitrogens with zero attached hydrogens (tertiary/aromatic N) is 9. The molecule has 7 heterocycles. The zero-order chi connectivity index (χ0) is 61.9. The predicted molar refractivity (Wildman–Crippen MR) is 339 cm³/mol. The van der Waals surface area contributed by atoms with Gasteiger partial charge in [-0.2, -0.15) is 0 Å². The Hall–Kier alpha value is -7.58. The number of carbonyl (C=O) groups excluding carboxylic acids is 5. The second-order valence-electron chi connectivity index (χ2n) is 25.7. The molecule has 0 unspecified atom stereocenters. The van der Waals surface area contributed by atoms with E-state index in [2.05, 4.69) is 35.0 Å². The Morgan fingerprint density at radius 1 is 0.750 bits per heavy atom. The van der Waals surface area contributed by atoms with Gasteiger partial charge >= 0.3 is 6.09 Å². The lowest BCUT2D eigenvalue weighted by atomic mass is 9.83. The van der Waals surface area contributed by atoms with Gasteiger partial charge in [-0.25, -0.2) is 9.78 Å². The maximum atomic E-state index is 14.6. The first-order valence-electron chi connectivity index (χ1n) is 32.2. The van der Waals surface area contributed by atoms with E-state index >= 15 is 0 Å². The molecule has 20 heteroatoms. The number of amides is 5. The number of anilines is 1. The number of ether oxygens (including phenoxy) is 3. The van der Waals surface area contributed by atoms with Crippen molar-refractivity contribution in [1.29, 1.82) is 0 Å². The predicted octanol–water partition coefficient (Wildman–Crippen LogP) is 8.13. The number of piperazine rings is 2. The molecule has 0 bridgehead atoms. The average molecular weight is 1210 g/mol. The van der Waals surface area contributed by atoms with Crippen LogP contribution in [0.25, 0.3) is 11.0 Å². The highest BCUT2D eigenvalue weighted by Gasteiger charge is 2.37. The Labute approximate surface area is 518 Å². The monoisotopic (exact) mass is 1210 g/mol. The molecule has 5 aliphatic rings. The first-order chi connectivity index (χ1) is 42.5. The summed E-state index contributed by atoms with van der Waals surface area (Å²) in [5.74, 6) is 1.14. The molecule has 3 aromatic heterocycles. The normalized spacial score (nSPS) is 18.9. The van der Waals surface area contributed by atoms with Gasteiger partial charge in [-0.15, -0.1) is 0 Å². The lowest BCUT2D eigenvalue weighted by Crippen LogP contribution is -2.57. The van der Waals surface area contributed by atoms with Gasteiger partial charge in [0.05, 0.1) is 43.2 Å². The van der Waals surface area contributed by atoms with E-state index in [0.717, 1.165) is 149 Å². The number of benzene rings is 2. The number of hydrogen-bond acceptors (Lipinski definition) is 14. The summed E-state index contributed by atoms with van der Waals surface area (Å²) < 4.78 is 17.1. The molecular formula is C68H91N11O9. The van der Waals surface area contributed by atoms with Crippen molar-refractivity contribution in [2.75, 3.05) is 110 Å². The molecule has 88 heavy (non-hydrogen) atoms. The number of hydrogen-bond donors (Lipinski definition) is 2. The summed E-state index contributed by atoms with van der Waals surface area (Å²) in [7, 11) is 1.58. The summed E-state index contributed by atoms with van der Waals surface area (Å²) in [5, 5.41) is 3.26. The fraction of sp³-hybridized carbons (Fsp3) is 0.559. The van der Waals surface area contributed by atoms with Crippen LogP contribution in [0.5, 0.6) is 11.5 Å². The first-order valence-corrected chi connectivity index (χ1v) is 32.2. The molecule has 5 fully saturated rings. The van der Waals surface area contributed by atoms with Crippen LogP contribution in [0.2, 0.25) is 0 Å². The summed E-state index contributed by atoms with van der Waals surface area (Å²) in [6.07, 6.45) is 12.2. The number of aromatic amines is 1. The molecule has 2 aromatic carbocycles. The number of nitrogens with one attached hydrogen (secondary N) is 2. The lowest BCUT2D eigenvalue weighted by Gasteiger charge is -2.41. The first kappa shape index (κ1) is 63.4. The highest BCUT2D eigenvalue weighted by molar-refractivity contribution is 5.98. The molecule has 472 valence electrons.